The smallest absolute Gasteiger partial charge is 0.0918 e. The third-order valence-corrected chi connectivity index (χ3v) is 4.26. The maximum absolute atomic E-state index is 4.87. The first-order valence-corrected chi connectivity index (χ1v) is 8.01. The van der Waals surface area contributed by atoms with Crippen LogP contribution in [0.1, 0.15) is 23.5 Å². The third-order valence-electron chi connectivity index (χ3n) is 4.26. The molecule has 0 saturated heterocycles. The van der Waals surface area contributed by atoms with Crippen molar-refractivity contribution in [3.8, 4) is 22.4 Å². The zero-order valence-corrected chi connectivity index (χ0v) is 13.2. The summed E-state index contributed by atoms with van der Waals surface area (Å²) in [4.78, 5) is 9.59. The Morgan fingerprint density at radius 1 is 0.783 bits per heavy atom. The van der Waals surface area contributed by atoms with Crippen molar-refractivity contribution in [2.45, 2.75) is 19.8 Å². The fraction of sp³-hybridized carbons (Fsp3) is 0.143. The number of allylic oxidation sites excluding steroid dienone is 1. The summed E-state index contributed by atoms with van der Waals surface area (Å²) in [6.45, 7) is 2.04. The van der Waals surface area contributed by atoms with Gasteiger partial charge in [0.05, 0.1) is 22.8 Å². The van der Waals surface area contributed by atoms with Crippen LogP contribution >= 0.6 is 0 Å². The second-order valence-corrected chi connectivity index (χ2v) is 5.87. The maximum Gasteiger partial charge on any atom is 0.0918 e. The van der Waals surface area contributed by atoms with Crippen molar-refractivity contribution in [1.82, 2.24) is 9.97 Å². The largest absolute Gasteiger partial charge is 0.250 e. The van der Waals surface area contributed by atoms with Gasteiger partial charge in [-0.1, -0.05) is 60.7 Å². The van der Waals surface area contributed by atoms with E-state index in [9.17, 15) is 0 Å². The molecule has 1 aromatic heterocycles. The molecule has 0 aliphatic heterocycles. The Kier molecular flexibility index (Phi) is 3.51. The number of aromatic nitrogens is 2. The van der Waals surface area contributed by atoms with Gasteiger partial charge in [-0.2, -0.15) is 0 Å². The van der Waals surface area contributed by atoms with Crippen molar-refractivity contribution in [1.29, 1.82) is 0 Å². The molecule has 0 radical (unpaired) electrons. The molecule has 3 aromatic rings. The predicted molar refractivity (Wildman–Crippen MR) is 95.0 cm³/mol. The highest BCUT2D eigenvalue weighted by atomic mass is 14.8. The fourth-order valence-corrected chi connectivity index (χ4v) is 3.03. The molecule has 2 heteroatoms. The summed E-state index contributed by atoms with van der Waals surface area (Å²) in [7, 11) is 0. The molecule has 1 heterocycles. The maximum atomic E-state index is 4.87. The molecular weight excluding hydrogens is 280 g/mol. The van der Waals surface area contributed by atoms with Crippen LogP contribution in [-0.2, 0) is 6.42 Å². The van der Waals surface area contributed by atoms with Crippen molar-refractivity contribution in [3.63, 3.8) is 0 Å². The summed E-state index contributed by atoms with van der Waals surface area (Å²) in [5.74, 6) is 0. The molecule has 0 atom stereocenters. The minimum absolute atomic E-state index is 0.980. The van der Waals surface area contributed by atoms with Gasteiger partial charge in [0.2, 0.25) is 0 Å². The van der Waals surface area contributed by atoms with Gasteiger partial charge >= 0.3 is 0 Å². The van der Waals surface area contributed by atoms with E-state index in [1.807, 2.05) is 13.0 Å². The van der Waals surface area contributed by atoms with E-state index >= 15 is 0 Å². The quantitative estimate of drug-likeness (QED) is 0.659. The molecule has 112 valence electrons. The minimum Gasteiger partial charge on any atom is -0.250 e. The molecule has 0 saturated carbocycles. The summed E-state index contributed by atoms with van der Waals surface area (Å²) >= 11 is 0. The summed E-state index contributed by atoms with van der Waals surface area (Å²) in [6.07, 6.45) is 6.29. The first kappa shape index (κ1) is 13.9. The fourth-order valence-electron chi connectivity index (χ4n) is 3.03. The number of fused-ring (bicyclic) bond motifs is 1. The van der Waals surface area contributed by atoms with Crippen LogP contribution in [-0.4, -0.2) is 9.97 Å². The monoisotopic (exact) mass is 298 g/mol. The predicted octanol–water partition coefficient (Wildman–Crippen LogP) is 5.08. The van der Waals surface area contributed by atoms with E-state index in [0.29, 0.717) is 0 Å². The topological polar surface area (TPSA) is 25.8 Å². The van der Waals surface area contributed by atoms with E-state index < -0.39 is 0 Å². The lowest BCUT2D eigenvalue weighted by Gasteiger charge is -2.13. The molecule has 0 bridgehead atoms. The van der Waals surface area contributed by atoms with Crippen LogP contribution in [0, 0.1) is 6.92 Å². The van der Waals surface area contributed by atoms with E-state index in [1.165, 1.54) is 11.1 Å². The van der Waals surface area contributed by atoms with Crippen molar-refractivity contribution < 1.29 is 0 Å². The lowest BCUT2D eigenvalue weighted by molar-refractivity contribution is 0.895. The first-order chi connectivity index (χ1) is 11.3. The number of hydrogen-bond donors (Lipinski definition) is 0. The van der Waals surface area contributed by atoms with Gasteiger partial charge in [0.15, 0.2) is 0 Å². The number of benzene rings is 2. The molecule has 0 amide bonds. The van der Waals surface area contributed by atoms with Gasteiger partial charge in [-0.25, -0.2) is 9.97 Å². The molecular formula is C21H18N2. The minimum atomic E-state index is 0.980. The average Bonchev–Trinajstić information content (AvgIpc) is 2.62. The van der Waals surface area contributed by atoms with E-state index in [0.717, 1.165) is 41.2 Å². The van der Waals surface area contributed by atoms with Gasteiger partial charge in [-0.15, -0.1) is 0 Å². The van der Waals surface area contributed by atoms with Crippen LogP contribution in [0.15, 0.2) is 60.7 Å². The van der Waals surface area contributed by atoms with Gasteiger partial charge in [-0.3, -0.25) is 0 Å². The van der Waals surface area contributed by atoms with Crippen LogP contribution < -0.4 is 0 Å². The Hall–Kier alpha value is -2.74. The van der Waals surface area contributed by atoms with Gasteiger partial charge in [0, 0.05) is 5.56 Å². The Labute approximate surface area is 136 Å². The molecule has 1 aliphatic rings. The molecule has 0 fully saturated rings. The zero-order valence-electron chi connectivity index (χ0n) is 13.2. The first-order valence-electron chi connectivity index (χ1n) is 8.01. The van der Waals surface area contributed by atoms with Crippen molar-refractivity contribution >= 4 is 6.08 Å². The Morgan fingerprint density at radius 2 is 1.48 bits per heavy atom. The Morgan fingerprint density at radius 3 is 2.26 bits per heavy atom. The second-order valence-electron chi connectivity index (χ2n) is 5.87. The molecule has 2 aromatic carbocycles. The van der Waals surface area contributed by atoms with Gasteiger partial charge in [-0.05, 0) is 37.0 Å². The molecule has 0 N–H and O–H groups in total. The van der Waals surface area contributed by atoms with E-state index in [4.69, 9.17) is 9.97 Å². The summed E-state index contributed by atoms with van der Waals surface area (Å²) in [5.41, 5.74) is 7.71. The Balaban J connectivity index is 1.73. The van der Waals surface area contributed by atoms with Crippen LogP contribution in [0.5, 0.6) is 0 Å². The lowest BCUT2D eigenvalue weighted by atomic mass is 10.0. The summed E-state index contributed by atoms with van der Waals surface area (Å²) in [5, 5.41) is 0. The zero-order chi connectivity index (χ0) is 15.6. The number of aryl methyl sites for hydroxylation is 2. The summed E-state index contributed by atoms with van der Waals surface area (Å²) in [6, 6.07) is 19.0. The van der Waals surface area contributed by atoms with Crippen LogP contribution in [0.3, 0.4) is 0 Å². The Bertz CT molecular complexity index is 862. The van der Waals surface area contributed by atoms with Gasteiger partial charge in [0.1, 0.15) is 0 Å². The second kappa shape index (κ2) is 5.81. The van der Waals surface area contributed by atoms with Gasteiger partial charge < -0.3 is 0 Å². The van der Waals surface area contributed by atoms with Crippen LogP contribution in [0.25, 0.3) is 28.5 Å². The third kappa shape index (κ3) is 2.68. The SMILES string of the molecule is Cc1nc2c(nc1-c1ccc(-c3ccccc3)cc1)CCC=C2. The van der Waals surface area contributed by atoms with E-state index in [2.05, 4.69) is 60.7 Å². The van der Waals surface area contributed by atoms with Crippen LogP contribution in [0.4, 0.5) is 0 Å². The number of nitrogens with zero attached hydrogens (tertiary/aromatic N) is 2. The van der Waals surface area contributed by atoms with E-state index in [-0.39, 0.29) is 0 Å². The van der Waals surface area contributed by atoms with Gasteiger partial charge in [0.25, 0.3) is 0 Å². The van der Waals surface area contributed by atoms with Crippen molar-refractivity contribution in [3.05, 3.63) is 77.8 Å². The molecule has 23 heavy (non-hydrogen) atoms. The molecule has 1 aliphatic carbocycles. The summed E-state index contributed by atoms with van der Waals surface area (Å²) < 4.78 is 0. The normalized spacial score (nSPS) is 12.9. The van der Waals surface area contributed by atoms with E-state index in [1.54, 1.807) is 0 Å². The highest BCUT2D eigenvalue weighted by molar-refractivity contribution is 5.70. The molecule has 0 unspecified atom stereocenters. The number of hydrogen-bond acceptors (Lipinski definition) is 2. The van der Waals surface area contributed by atoms with Crippen molar-refractivity contribution in [2.75, 3.05) is 0 Å². The average molecular weight is 298 g/mol. The number of rotatable bonds is 2. The standard InChI is InChI=1S/C21H18N2/c1-15-21(23-20-10-6-5-9-19(20)22-15)18-13-11-17(12-14-18)16-7-3-2-4-8-16/h2-5,7-9,11-14H,6,10H2,1H3. The highest BCUT2D eigenvalue weighted by Gasteiger charge is 2.13. The molecule has 2 nitrogen and oxygen atoms in total. The molecule has 0 spiro atoms. The lowest BCUT2D eigenvalue weighted by Crippen LogP contribution is -2.05. The van der Waals surface area contributed by atoms with Crippen molar-refractivity contribution in [2.24, 2.45) is 0 Å². The highest BCUT2D eigenvalue weighted by Crippen LogP contribution is 2.27. The van der Waals surface area contributed by atoms with Crippen LogP contribution in [0.2, 0.25) is 0 Å². The molecule has 4 rings (SSSR count).